The fourth-order valence-corrected chi connectivity index (χ4v) is 1.49. The highest BCUT2D eigenvalue weighted by molar-refractivity contribution is 6.29. The first-order chi connectivity index (χ1) is 6.77. The molecule has 2 aromatic rings. The van der Waals surface area contributed by atoms with E-state index in [1.807, 2.05) is 31.2 Å². The standard InChI is InChI=1S/C11H9ClN2/c1-8-4-2-3-5-9(8)10-6-11(12)14-7-13-10/h2-7H,1H3. The summed E-state index contributed by atoms with van der Waals surface area (Å²) in [4.78, 5) is 8.02. The highest BCUT2D eigenvalue weighted by Gasteiger charge is 2.02. The van der Waals surface area contributed by atoms with Crippen molar-refractivity contribution in [2.24, 2.45) is 0 Å². The van der Waals surface area contributed by atoms with Gasteiger partial charge in [0.05, 0.1) is 5.69 Å². The number of hydrogen-bond acceptors (Lipinski definition) is 2. The van der Waals surface area contributed by atoms with Crippen molar-refractivity contribution < 1.29 is 0 Å². The number of hydrogen-bond donors (Lipinski definition) is 0. The first kappa shape index (κ1) is 9.16. The van der Waals surface area contributed by atoms with Crippen LogP contribution in [0.3, 0.4) is 0 Å². The molecule has 0 fully saturated rings. The normalized spacial score (nSPS) is 10.1. The van der Waals surface area contributed by atoms with E-state index in [-0.39, 0.29) is 0 Å². The van der Waals surface area contributed by atoms with Gasteiger partial charge < -0.3 is 0 Å². The molecule has 1 heterocycles. The lowest BCUT2D eigenvalue weighted by Crippen LogP contribution is -1.87. The molecular formula is C11H9ClN2. The molecule has 0 bridgehead atoms. The van der Waals surface area contributed by atoms with Gasteiger partial charge in [-0.15, -0.1) is 0 Å². The van der Waals surface area contributed by atoms with Gasteiger partial charge in [-0.3, -0.25) is 0 Å². The van der Waals surface area contributed by atoms with Crippen LogP contribution in [0.5, 0.6) is 0 Å². The third kappa shape index (κ3) is 1.75. The molecule has 0 saturated heterocycles. The van der Waals surface area contributed by atoms with Crippen molar-refractivity contribution in [2.45, 2.75) is 6.92 Å². The van der Waals surface area contributed by atoms with Crippen molar-refractivity contribution in [3.8, 4) is 11.3 Å². The second kappa shape index (κ2) is 3.76. The van der Waals surface area contributed by atoms with E-state index >= 15 is 0 Å². The van der Waals surface area contributed by atoms with E-state index in [4.69, 9.17) is 11.6 Å². The Morgan fingerprint density at radius 2 is 1.93 bits per heavy atom. The Balaban J connectivity index is 2.55. The Morgan fingerprint density at radius 3 is 2.64 bits per heavy atom. The maximum Gasteiger partial charge on any atom is 0.133 e. The summed E-state index contributed by atoms with van der Waals surface area (Å²) in [6.45, 7) is 2.05. The van der Waals surface area contributed by atoms with E-state index < -0.39 is 0 Å². The van der Waals surface area contributed by atoms with Gasteiger partial charge in [0.15, 0.2) is 0 Å². The van der Waals surface area contributed by atoms with Crippen LogP contribution in [-0.4, -0.2) is 9.97 Å². The Kier molecular flexibility index (Phi) is 2.46. The minimum atomic E-state index is 0.471. The average Bonchev–Trinajstić information content (AvgIpc) is 2.18. The Morgan fingerprint density at radius 1 is 1.14 bits per heavy atom. The summed E-state index contributed by atoms with van der Waals surface area (Å²) < 4.78 is 0. The summed E-state index contributed by atoms with van der Waals surface area (Å²) in [6, 6.07) is 9.82. The van der Waals surface area contributed by atoms with Crippen molar-refractivity contribution in [1.29, 1.82) is 0 Å². The molecule has 0 radical (unpaired) electrons. The van der Waals surface area contributed by atoms with Crippen LogP contribution < -0.4 is 0 Å². The molecule has 0 atom stereocenters. The monoisotopic (exact) mass is 204 g/mol. The second-order valence-corrected chi connectivity index (χ2v) is 3.43. The lowest BCUT2D eigenvalue weighted by atomic mass is 10.1. The van der Waals surface area contributed by atoms with Crippen LogP contribution in [0.15, 0.2) is 36.7 Å². The molecule has 1 aromatic carbocycles. The third-order valence-corrected chi connectivity index (χ3v) is 2.26. The summed E-state index contributed by atoms with van der Waals surface area (Å²) in [6.07, 6.45) is 1.48. The summed E-state index contributed by atoms with van der Waals surface area (Å²) in [7, 11) is 0. The number of aromatic nitrogens is 2. The number of nitrogens with zero attached hydrogens (tertiary/aromatic N) is 2. The Labute approximate surface area is 87.6 Å². The molecule has 0 amide bonds. The van der Waals surface area contributed by atoms with E-state index in [1.165, 1.54) is 11.9 Å². The molecule has 0 unspecified atom stereocenters. The summed E-state index contributed by atoms with van der Waals surface area (Å²) in [5.74, 6) is 0. The van der Waals surface area contributed by atoms with Gasteiger partial charge in [-0.1, -0.05) is 35.9 Å². The average molecular weight is 205 g/mol. The van der Waals surface area contributed by atoms with Crippen molar-refractivity contribution >= 4 is 11.6 Å². The molecule has 0 aliphatic carbocycles. The van der Waals surface area contributed by atoms with Crippen LogP contribution in [0.2, 0.25) is 5.15 Å². The molecule has 14 heavy (non-hydrogen) atoms. The molecule has 70 valence electrons. The molecule has 1 aromatic heterocycles. The zero-order valence-electron chi connectivity index (χ0n) is 7.74. The maximum absolute atomic E-state index is 5.80. The predicted octanol–water partition coefficient (Wildman–Crippen LogP) is 3.11. The summed E-state index contributed by atoms with van der Waals surface area (Å²) in [5, 5.41) is 0.471. The topological polar surface area (TPSA) is 25.8 Å². The molecule has 0 spiro atoms. The highest BCUT2D eigenvalue weighted by Crippen LogP contribution is 2.21. The van der Waals surface area contributed by atoms with E-state index in [9.17, 15) is 0 Å². The molecule has 0 aliphatic rings. The molecule has 0 saturated carbocycles. The molecule has 3 heteroatoms. The predicted molar refractivity (Wildman–Crippen MR) is 57.2 cm³/mol. The quantitative estimate of drug-likeness (QED) is 0.667. The van der Waals surface area contributed by atoms with Crippen LogP contribution in [0.1, 0.15) is 5.56 Å². The van der Waals surface area contributed by atoms with Crippen molar-refractivity contribution in [1.82, 2.24) is 9.97 Å². The van der Waals surface area contributed by atoms with Crippen molar-refractivity contribution in [3.63, 3.8) is 0 Å². The van der Waals surface area contributed by atoms with Crippen LogP contribution in [0.25, 0.3) is 11.3 Å². The van der Waals surface area contributed by atoms with Crippen LogP contribution in [-0.2, 0) is 0 Å². The number of halogens is 1. The number of benzene rings is 1. The minimum absolute atomic E-state index is 0.471. The fraction of sp³-hybridized carbons (Fsp3) is 0.0909. The SMILES string of the molecule is Cc1ccccc1-c1cc(Cl)ncn1. The minimum Gasteiger partial charge on any atom is -0.236 e. The lowest BCUT2D eigenvalue weighted by Gasteiger charge is -2.03. The van der Waals surface area contributed by atoms with Crippen molar-refractivity contribution in [2.75, 3.05) is 0 Å². The fourth-order valence-electron chi connectivity index (χ4n) is 1.34. The second-order valence-electron chi connectivity index (χ2n) is 3.04. The molecule has 0 aliphatic heterocycles. The summed E-state index contributed by atoms with van der Waals surface area (Å²) >= 11 is 5.80. The highest BCUT2D eigenvalue weighted by atomic mass is 35.5. The molecular weight excluding hydrogens is 196 g/mol. The van der Waals surface area contributed by atoms with Gasteiger partial charge in [-0.2, -0.15) is 0 Å². The first-order valence-corrected chi connectivity index (χ1v) is 4.69. The Hall–Kier alpha value is -1.41. The van der Waals surface area contributed by atoms with E-state index in [0.29, 0.717) is 5.15 Å². The van der Waals surface area contributed by atoms with Gasteiger partial charge >= 0.3 is 0 Å². The van der Waals surface area contributed by atoms with E-state index in [2.05, 4.69) is 9.97 Å². The van der Waals surface area contributed by atoms with Gasteiger partial charge in [0.1, 0.15) is 11.5 Å². The Bertz CT molecular complexity index is 455. The molecule has 2 rings (SSSR count). The van der Waals surface area contributed by atoms with E-state index in [0.717, 1.165) is 11.3 Å². The van der Waals surface area contributed by atoms with Crippen LogP contribution >= 0.6 is 11.6 Å². The third-order valence-electron chi connectivity index (χ3n) is 2.05. The van der Waals surface area contributed by atoms with Crippen LogP contribution in [0.4, 0.5) is 0 Å². The zero-order valence-corrected chi connectivity index (χ0v) is 8.49. The van der Waals surface area contributed by atoms with Crippen molar-refractivity contribution in [3.05, 3.63) is 47.4 Å². The largest absolute Gasteiger partial charge is 0.236 e. The van der Waals surface area contributed by atoms with Gasteiger partial charge in [0, 0.05) is 11.6 Å². The van der Waals surface area contributed by atoms with Crippen LogP contribution in [0, 0.1) is 6.92 Å². The number of aryl methyl sites for hydroxylation is 1. The maximum atomic E-state index is 5.80. The molecule has 0 N–H and O–H groups in total. The van der Waals surface area contributed by atoms with Gasteiger partial charge in [0.2, 0.25) is 0 Å². The lowest BCUT2D eigenvalue weighted by molar-refractivity contribution is 1.17. The van der Waals surface area contributed by atoms with Gasteiger partial charge in [-0.05, 0) is 12.5 Å². The molecule has 2 nitrogen and oxygen atoms in total. The number of rotatable bonds is 1. The zero-order chi connectivity index (χ0) is 9.97. The van der Waals surface area contributed by atoms with Gasteiger partial charge in [-0.25, -0.2) is 9.97 Å². The summed E-state index contributed by atoms with van der Waals surface area (Å²) in [5.41, 5.74) is 3.14. The smallest absolute Gasteiger partial charge is 0.133 e. The van der Waals surface area contributed by atoms with E-state index in [1.54, 1.807) is 6.07 Å². The van der Waals surface area contributed by atoms with Gasteiger partial charge in [0.25, 0.3) is 0 Å². The first-order valence-electron chi connectivity index (χ1n) is 4.31.